The minimum Gasteiger partial charge on any atom is -0.337 e. The van der Waals surface area contributed by atoms with Gasteiger partial charge in [-0.2, -0.15) is 0 Å². The molecule has 0 unspecified atom stereocenters. The van der Waals surface area contributed by atoms with Crippen LogP contribution in [0.4, 0.5) is 0 Å². The summed E-state index contributed by atoms with van der Waals surface area (Å²) in [5.74, 6) is -0.282. The van der Waals surface area contributed by atoms with E-state index in [0.29, 0.717) is 6.54 Å². The first-order chi connectivity index (χ1) is 10.6. The number of aromatic amines is 1. The molecule has 0 aliphatic carbocycles. The lowest BCUT2D eigenvalue weighted by molar-refractivity contribution is 0.0783. The van der Waals surface area contributed by atoms with Gasteiger partial charge in [0.05, 0.1) is 0 Å². The number of hydrogen-bond donors (Lipinski definition) is 1. The van der Waals surface area contributed by atoms with Crippen molar-refractivity contribution in [2.24, 2.45) is 0 Å². The zero-order valence-corrected chi connectivity index (χ0v) is 12.2. The molecule has 0 fully saturated rings. The van der Waals surface area contributed by atoms with Crippen LogP contribution in [-0.4, -0.2) is 22.8 Å². The van der Waals surface area contributed by atoms with Gasteiger partial charge in [-0.25, -0.2) is 0 Å². The second kappa shape index (κ2) is 5.85. The Hall–Kier alpha value is -2.88. The average Bonchev–Trinajstić information content (AvgIpc) is 2.54. The van der Waals surface area contributed by atoms with Crippen molar-refractivity contribution in [1.82, 2.24) is 9.88 Å². The van der Waals surface area contributed by atoms with E-state index in [2.05, 4.69) is 17.1 Å². The van der Waals surface area contributed by atoms with Gasteiger partial charge in [0.15, 0.2) is 0 Å². The van der Waals surface area contributed by atoms with E-state index in [1.54, 1.807) is 18.0 Å². The van der Waals surface area contributed by atoms with Crippen LogP contribution in [0.2, 0.25) is 0 Å². The van der Waals surface area contributed by atoms with Gasteiger partial charge in [-0.05, 0) is 34.5 Å². The molecule has 0 aliphatic heterocycles. The Bertz CT molecular complexity index is 883. The van der Waals surface area contributed by atoms with Crippen LogP contribution in [0.1, 0.15) is 15.9 Å². The third-order valence-corrected chi connectivity index (χ3v) is 3.63. The number of carbonyl (C=O) groups excluding carboxylic acids is 1. The first-order valence-corrected chi connectivity index (χ1v) is 7.06. The van der Waals surface area contributed by atoms with Crippen LogP contribution in [-0.2, 0) is 6.54 Å². The monoisotopic (exact) mass is 292 g/mol. The van der Waals surface area contributed by atoms with Gasteiger partial charge in [-0.15, -0.1) is 0 Å². The molecule has 0 aliphatic rings. The predicted molar refractivity (Wildman–Crippen MR) is 86.8 cm³/mol. The molecule has 1 heterocycles. The minimum atomic E-state index is -0.363. The number of benzene rings is 2. The molecule has 0 spiro atoms. The summed E-state index contributed by atoms with van der Waals surface area (Å²) in [6.07, 6.45) is 1.52. The lowest BCUT2D eigenvalue weighted by Crippen LogP contribution is -2.31. The van der Waals surface area contributed by atoms with Crippen molar-refractivity contribution in [2.75, 3.05) is 7.05 Å². The molecule has 2 aromatic carbocycles. The van der Waals surface area contributed by atoms with Gasteiger partial charge in [-0.3, -0.25) is 9.59 Å². The molecule has 0 saturated carbocycles. The third-order valence-electron chi connectivity index (χ3n) is 3.63. The van der Waals surface area contributed by atoms with Crippen molar-refractivity contribution >= 4 is 16.7 Å². The summed E-state index contributed by atoms with van der Waals surface area (Å²) < 4.78 is 0. The topological polar surface area (TPSA) is 53.2 Å². The normalized spacial score (nSPS) is 10.6. The molecule has 0 saturated heterocycles. The summed E-state index contributed by atoms with van der Waals surface area (Å²) in [5.41, 5.74) is 0.825. The molecule has 1 N–H and O–H groups in total. The van der Waals surface area contributed by atoms with E-state index in [1.807, 2.05) is 30.3 Å². The largest absolute Gasteiger partial charge is 0.337 e. The fraction of sp³-hybridized carbons (Fsp3) is 0.111. The van der Waals surface area contributed by atoms with Crippen LogP contribution in [0.15, 0.2) is 65.6 Å². The number of amides is 1. The Balaban J connectivity index is 1.83. The van der Waals surface area contributed by atoms with E-state index >= 15 is 0 Å². The lowest BCUT2D eigenvalue weighted by Gasteiger charge is -2.17. The zero-order valence-electron chi connectivity index (χ0n) is 12.2. The number of nitrogens with one attached hydrogen (secondary N) is 1. The summed E-state index contributed by atoms with van der Waals surface area (Å²) in [6.45, 7) is 0.456. The van der Waals surface area contributed by atoms with Gasteiger partial charge < -0.3 is 9.88 Å². The molecular formula is C18H16N2O2. The minimum absolute atomic E-state index is 0.158. The molecule has 1 aromatic heterocycles. The highest BCUT2D eigenvalue weighted by Gasteiger charge is 2.15. The van der Waals surface area contributed by atoms with Crippen molar-refractivity contribution in [2.45, 2.75) is 6.54 Å². The van der Waals surface area contributed by atoms with E-state index in [4.69, 9.17) is 0 Å². The number of aromatic nitrogens is 1. The van der Waals surface area contributed by atoms with Gasteiger partial charge in [0, 0.05) is 19.8 Å². The van der Waals surface area contributed by atoms with Crippen LogP contribution in [0.5, 0.6) is 0 Å². The van der Waals surface area contributed by atoms with Crippen molar-refractivity contribution in [3.8, 4) is 0 Å². The highest BCUT2D eigenvalue weighted by Crippen LogP contribution is 2.16. The molecule has 110 valence electrons. The number of hydrogen-bond acceptors (Lipinski definition) is 2. The Labute approximate surface area is 128 Å². The number of pyridine rings is 1. The van der Waals surface area contributed by atoms with Crippen LogP contribution < -0.4 is 5.56 Å². The molecule has 0 radical (unpaired) electrons. The number of carbonyl (C=O) groups is 1. The lowest BCUT2D eigenvalue weighted by atomic mass is 10.1. The number of nitrogens with zero attached hydrogens (tertiary/aromatic N) is 1. The summed E-state index contributed by atoms with van der Waals surface area (Å²) >= 11 is 0. The Morgan fingerprint density at radius 1 is 1.05 bits per heavy atom. The van der Waals surface area contributed by atoms with Crippen molar-refractivity contribution in [1.29, 1.82) is 0 Å². The number of fused-ring (bicyclic) bond motifs is 1. The molecule has 22 heavy (non-hydrogen) atoms. The molecule has 3 rings (SSSR count). The van der Waals surface area contributed by atoms with Gasteiger partial charge in [0.2, 0.25) is 0 Å². The van der Waals surface area contributed by atoms with Crippen LogP contribution in [0.3, 0.4) is 0 Å². The molecule has 3 aromatic rings. The SMILES string of the molecule is CN(Cc1ccc2ccccc2c1)C(=O)c1ccc[nH]c1=O. The van der Waals surface area contributed by atoms with Crippen LogP contribution >= 0.6 is 0 Å². The van der Waals surface area contributed by atoms with Crippen molar-refractivity contribution < 1.29 is 4.79 Å². The van der Waals surface area contributed by atoms with Crippen molar-refractivity contribution in [3.63, 3.8) is 0 Å². The summed E-state index contributed by atoms with van der Waals surface area (Å²) in [4.78, 5) is 28.1. The van der Waals surface area contributed by atoms with Gasteiger partial charge in [0.25, 0.3) is 11.5 Å². The fourth-order valence-electron chi connectivity index (χ4n) is 2.48. The van der Waals surface area contributed by atoms with E-state index in [1.165, 1.54) is 17.6 Å². The Morgan fingerprint density at radius 3 is 2.59 bits per heavy atom. The maximum Gasteiger partial charge on any atom is 0.260 e. The average molecular weight is 292 g/mol. The van der Waals surface area contributed by atoms with E-state index in [-0.39, 0.29) is 17.0 Å². The van der Waals surface area contributed by atoms with Gasteiger partial charge in [0.1, 0.15) is 5.56 Å². The molecule has 1 amide bonds. The molecule has 0 atom stereocenters. The van der Waals surface area contributed by atoms with Crippen LogP contribution in [0.25, 0.3) is 10.8 Å². The highest BCUT2D eigenvalue weighted by molar-refractivity contribution is 5.93. The fourth-order valence-corrected chi connectivity index (χ4v) is 2.48. The summed E-state index contributed by atoms with van der Waals surface area (Å²) in [7, 11) is 1.70. The predicted octanol–water partition coefficient (Wildman–Crippen LogP) is 2.80. The molecule has 4 nitrogen and oxygen atoms in total. The maximum atomic E-state index is 12.3. The van der Waals surface area contributed by atoms with E-state index in [9.17, 15) is 9.59 Å². The quantitative estimate of drug-likeness (QED) is 0.807. The molecule has 4 heteroatoms. The summed E-state index contributed by atoms with van der Waals surface area (Å²) in [5, 5.41) is 2.30. The van der Waals surface area contributed by atoms with Crippen LogP contribution in [0, 0.1) is 0 Å². The third kappa shape index (κ3) is 2.76. The van der Waals surface area contributed by atoms with E-state index in [0.717, 1.165) is 10.9 Å². The second-order valence-electron chi connectivity index (χ2n) is 5.26. The number of H-pyrrole nitrogens is 1. The van der Waals surface area contributed by atoms with Gasteiger partial charge in [-0.1, -0.05) is 36.4 Å². The maximum absolute atomic E-state index is 12.3. The van der Waals surface area contributed by atoms with Crippen molar-refractivity contribution in [3.05, 3.63) is 82.3 Å². The Morgan fingerprint density at radius 2 is 1.82 bits per heavy atom. The standard InChI is InChI=1S/C18H16N2O2/c1-20(18(22)16-7-4-10-19-17(16)21)12-13-8-9-14-5-2-3-6-15(14)11-13/h2-11H,12H2,1H3,(H,19,21). The molecule has 0 bridgehead atoms. The highest BCUT2D eigenvalue weighted by atomic mass is 16.2. The first kappa shape index (κ1) is 14.1. The number of rotatable bonds is 3. The zero-order chi connectivity index (χ0) is 15.5. The second-order valence-corrected chi connectivity index (χ2v) is 5.26. The Kier molecular flexibility index (Phi) is 3.74. The smallest absolute Gasteiger partial charge is 0.260 e. The summed E-state index contributed by atoms with van der Waals surface area (Å²) in [6, 6.07) is 17.4. The first-order valence-electron chi connectivity index (χ1n) is 7.06. The van der Waals surface area contributed by atoms with Gasteiger partial charge >= 0.3 is 0 Å². The van der Waals surface area contributed by atoms with E-state index < -0.39 is 0 Å². The molecular weight excluding hydrogens is 276 g/mol.